The summed E-state index contributed by atoms with van der Waals surface area (Å²) in [7, 11) is 0. The van der Waals surface area contributed by atoms with Crippen LogP contribution in [0.3, 0.4) is 0 Å². The molecule has 0 spiro atoms. The average molecular weight is 219 g/mol. The number of benzene rings is 1. The first kappa shape index (κ1) is 10.0. The van der Waals surface area contributed by atoms with E-state index in [1.165, 1.54) is 18.2 Å². The second-order valence-electron chi connectivity index (χ2n) is 2.16. The molecule has 0 bridgehead atoms. The van der Waals surface area contributed by atoms with Crippen molar-refractivity contribution in [1.82, 2.24) is 0 Å². The molecule has 0 radical (unpaired) electrons. The molecular formula is C8H4Cl2O3. The fraction of sp³-hybridized carbons (Fsp3) is 0. The Balaban J connectivity index is 3.00. The van der Waals surface area contributed by atoms with E-state index < -0.39 is 5.97 Å². The van der Waals surface area contributed by atoms with Gasteiger partial charge in [-0.1, -0.05) is 23.2 Å². The van der Waals surface area contributed by atoms with Crippen molar-refractivity contribution in [2.45, 2.75) is 0 Å². The lowest BCUT2D eigenvalue weighted by molar-refractivity contribution is -0.123. The van der Waals surface area contributed by atoms with Gasteiger partial charge in [-0.2, -0.15) is 0 Å². The summed E-state index contributed by atoms with van der Waals surface area (Å²) >= 11 is 11.2. The molecule has 5 heteroatoms. The smallest absolute Gasteiger partial charge is 0.345 e. The summed E-state index contributed by atoms with van der Waals surface area (Å²) in [6.45, 7) is 0.0527. The molecule has 0 aliphatic heterocycles. The molecule has 13 heavy (non-hydrogen) atoms. The highest BCUT2D eigenvalue weighted by Gasteiger charge is 2.08. The fourth-order valence-electron chi connectivity index (χ4n) is 0.783. The molecule has 1 aromatic carbocycles. The Bertz CT molecular complexity index is 329. The van der Waals surface area contributed by atoms with E-state index >= 15 is 0 Å². The summed E-state index contributed by atoms with van der Waals surface area (Å²) in [5.41, 5.74) is 0.143. The summed E-state index contributed by atoms with van der Waals surface area (Å²) in [6, 6.07) is 4.19. The Morgan fingerprint density at radius 1 is 1.23 bits per heavy atom. The first-order chi connectivity index (χ1) is 6.13. The predicted molar refractivity (Wildman–Crippen MR) is 47.9 cm³/mol. The minimum Gasteiger partial charge on any atom is -0.392 e. The molecule has 0 aliphatic rings. The van der Waals surface area contributed by atoms with Gasteiger partial charge in [0.15, 0.2) is 0 Å². The van der Waals surface area contributed by atoms with Gasteiger partial charge in [0, 0.05) is 10.0 Å². The first-order valence-electron chi connectivity index (χ1n) is 3.24. The number of carbonyl (C=O) groups is 2. The first-order valence-corrected chi connectivity index (χ1v) is 4.00. The van der Waals surface area contributed by atoms with E-state index in [-0.39, 0.29) is 12.0 Å². The van der Waals surface area contributed by atoms with Crippen molar-refractivity contribution in [2.24, 2.45) is 0 Å². The standard InChI is InChI=1S/C8H4Cl2O3/c9-6-1-5(2-7(10)3-6)8(12)13-4-11/h1-4H. The molecule has 0 amide bonds. The van der Waals surface area contributed by atoms with Crippen molar-refractivity contribution in [3.05, 3.63) is 33.8 Å². The van der Waals surface area contributed by atoms with Gasteiger partial charge in [-0.3, -0.25) is 4.79 Å². The Kier molecular flexibility index (Phi) is 3.28. The van der Waals surface area contributed by atoms with Gasteiger partial charge in [0.2, 0.25) is 0 Å². The normalized spacial score (nSPS) is 9.38. The van der Waals surface area contributed by atoms with Gasteiger partial charge in [0.1, 0.15) is 0 Å². The van der Waals surface area contributed by atoms with Crippen LogP contribution in [0.2, 0.25) is 10.0 Å². The molecule has 0 atom stereocenters. The van der Waals surface area contributed by atoms with E-state index in [0.717, 1.165) is 0 Å². The minimum atomic E-state index is -0.778. The zero-order chi connectivity index (χ0) is 9.84. The van der Waals surface area contributed by atoms with Crippen LogP contribution in [0.4, 0.5) is 0 Å². The highest BCUT2D eigenvalue weighted by Crippen LogP contribution is 2.19. The summed E-state index contributed by atoms with van der Waals surface area (Å²) in [5.74, 6) is -0.778. The third-order valence-electron chi connectivity index (χ3n) is 1.25. The number of carbonyl (C=O) groups excluding carboxylic acids is 2. The van der Waals surface area contributed by atoms with Crippen LogP contribution in [0.5, 0.6) is 0 Å². The molecule has 0 aromatic heterocycles. The van der Waals surface area contributed by atoms with Crippen LogP contribution in [0.15, 0.2) is 18.2 Å². The van der Waals surface area contributed by atoms with E-state index in [9.17, 15) is 9.59 Å². The molecule has 1 aromatic rings. The molecule has 0 aliphatic carbocycles. The summed E-state index contributed by atoms with van der Waals surface area (Å²) < 4.78 is 4.10. The molecule has 1 rings (SSSR count). The van der Waals surface area contributed by atoms with Crippen molar-refractivity contribution in [2.75, 3.05) is 0 Å². The van der Waals surface area contributed by atoms with Crippen LogP contribution in [-0.4, -0.2) is 12.4 Å². The van der Waals surface area contributed by atoms with Crippen LogP contribution in [-0.2, 0) is 9.53 Å². The lowest BCUT2D eigenvalue weighted by Crippen LogP contribution is -2.02. The van der Waals surface area contributed by atoms with Crippen molar-refractivity contribution in [3.63, 3.8) is 0 Å². The van der Waals surface area contributed by atoms with Crippen LogP contribution in [0.25, 0.3) is 0 Å². The molecule has 0 saturated carbocycles. The number of rotatable bonds is 2. The predicted octanol–water partition coefficient (Wildman–Crippen LogP) is 2.31. The van der Waals surface area contributed by atoms with Gasteiger partial charge >= 0.3 is 12.4 Å². The van der Waals surface area contributed by atoms with E-state index in [2.05, 4.69) is 4.74 Å². The highest BCUT2D eigenvalue weighted by atomic mass is 35.5. The van der Waals surface area contributed by atoms with Gasteiger partial charge in [0.05, 0.1) is 5.56 Å². The van der Waals surface area contributed by atoms with Crippen molar-refractivity contribution in [3.8, 4) is 0 Å². The Labute approximate surface area is 84.2 Å². The Morgan fingerprint density at radius 2 is 1.77 bits per heavy atom. The van der Waals surface area contributed by atoms with Gasteiger partial charge in [-0.05, 0) is 18.2 Å². The van der Waals surface area contributed by atoms with E-state index in [0.29, 0.717) is 10.0 Å². The molecule has 0 fully saturated rings. The molecule has 68 valence electrons. The number of hydrogen-bond acceptors (Lipinski definition) is 3. The number of hydrogen-bond donors (Lipinski definition) is 0. The SMILES string of the molecule is O=COC(=O)c1cc(Cl)cc(Cl)c1. The van der Waals surface area contributed by atoms with Gasteiger partial charge in [-0.25, -0.2) is 4.79 Å². The summed E-state index contributed by atoms with van der Waals surface area (Å²) in [6.07, 6.45) is 0. The molecule has 0 N–H and O–H groups in total. The lowest BCUT2D eigenvalue weighted by Gasteiger charge is -1.98. The quantitative estimate of drug-likeness (QED) is 0.435. The van der Waals surface area contributed by atoms with Crippen LogP contribution >= 0.6 is 23.2 Å². The van der Waals surface area contributed by atoms with Gasteiger partial charge < -0.3 is 4.74 Å². The van der Waals surface area contributed by atoms with Crippen molar-refractivity contribution in [1.29, 1.82) is 0 Å². The lowest BCUT2D eigenvalue weighted by atomic mass is 10.2. The second kappa shape index (κ2) is 4.25. The van der Waals surface area contributed by atoms with Crippen molar-refractivity contribution < 1.29 is 14.3 Å². The topological polar surface area (TPSA) is 43.4 Å². The van der Waals surface area contributed by atoms with Crippen LogP contribution in [0.1, 0.15) is 10.4 Å². The second-order valence-corrected chi connectivity index (χ2v) is 3.03. The molecule has 3 nitrogen and oxygen atoms in total. The molecule has 0 saturated heterocycles. The van der Waals surface area contributed by atoms with Crippen LogP contribution < -0.4 is 0 Å². The molecule has 0 heterocycles. The number of halogens is 2. The van der Waals surface area contributed by atoms with Crippen molar-refractivity contribution >= 4 is 35.6 Å². The third kappa shape index (κ3) is 2.72. The highest BCUT2D eigenvalue weighted by molar-refractivity contribution is 6.35. The van der Waals surface area contributed by atoms with E-state index in [4.69, 9.17) is 23.2 Å². The molecule has 0 unspecified atom stereocenters. The third-order valence-corrected chi connectivity index (χ3v) is 1.69. The van der Waals surface area contributed by atoms with Gasteiger partial charge in [-0.15, -0.1) is 0 Å². The maximum Gasteiger partial charge on any atom is 0.345 e. The summed E-state index contributed by atoms with van der Waals surface area (Å²) in [4.78, 5) is 20.8. The number of esters is 1. The van der Waals surface area contributed by atoms with E-state index in [1.807, 2.05) is 0 Å². The Morgan fingerprint density at radius 3 is 2.23 bits per heavy atom. The molecular weight excluding hydrogens is 215 g/mol. The largest absolute Gasteiger partial charge is 0.392 e. The zero-order valence-corrected chi connectivity index (χ0v) is 7.80. The zero-order valence-electron chi connectivity index (χ0n) is 6.29. The van der Waals surface area contributed by atoms with Crippen LogP contribution in [0, 0.1) is 0 Å². The maximum atomic E-state index is 11.0. The monoisotopic (exact) mass is 218 g/mol. The summed E-state index contributed by atoms with van der Waals surface area (Å²) in [5, 5.41) is 0.621. The maximum absolute atomic E-state index is 11.0. The average Bonchev–Trinajstić information content (AvgIpc) is 2.03. The fourth-order valence-corrected chi connectivity index (χ4v) is 1.31. The Hall–Kier alpha value is -1.06. The minimum absolute atomic E-state index is 0.0527. The van der Waals surface area contributed by atoms with E-state index in [1.54, 1.807) is 0 Å². The van der Waals surface area contributed by atoms with Gasteiger partial charge in [0.25, 0.3) is 0 Å². The number of ether oxygens (including phenoxy) is 1.